The van der Waals surface area contributed by atoms with Gasteiger partial charge in [-0.1, -0.05) is 0 Å². The van der Waals surface area contributed by atoms with Gasteiger partial charge in [0, 0.05) is 0 Å². The van der Waals surface area contributed by atoms with Crippen LogP contribution in [0.5, 0.6) is 0 Å². The molecule has 44 valence electrons. The highest BCUT2D eigenvalue weighted by molar-refractivity contribution is 7.81. The summed E-state index contributed by atoms with van der Waals surface area (Å²) in [7, 11) is 0. The Bertz CT molecular complexity index is 47.0. The Hall–Kier alpha value is 0.270. The summed E-state index contributed by atoms with van der Waals surface area (Å²) in [6.07, 6.45) is -0.520. The van der Waals surface area contributed by atoms with Crippen molar-refractivity contribution in [1.29, 1.82) is 0 Å². The second-order valence-corrected chi connectivity index (χ2v) is 2.15. The van der Waals surface area contributed by atoms with Crippen LogP contribution < -0.4 is 0 Å². The Morgan fingerprint density at radius 1 is 1.71 bits per heavy atom. The maximum Gasteiger partial charge on any atom is 0.0650 e. The molecule has 0 amide bonds. The molecule has 3 heteroatoms. The molecule has 0 rings (SSSR count). The van der Waals surface area contributed by atoms with Crippen LogP contribution in [0.2, 0.25) is 0 Å². The van der Waals surface area contributed by atoms with Gasteiger partial charge in [0.15, 0.2) is 0 Å². The first kappa shape index (κ1) is 7.27. The standard InChI is InChI=1S/C4H10O2S/c1-3(6)4(7)2-5/h3-7H,2H2,1H3. The van der Waals surface area contributed by atoms with Crippen molar-refractivity contribution < 1.29 is 10.2 Å². The van der Waals surface area contributed by atoms with Crippen molar-refractivity contribution in [3.05, 3.63) is 0 Å². The summed E-state index contributed by atoms with van der Waals surface area (Å²) in [6.45, 7) is 1.52. The third-order valence-electron chi connectivity index (χ3n) is 0.744. The molecule has 0 bridgehead atoms. The number of rotatable bonds is 2. The zero-order valence-electron chi connectivity index (χ0n) is 4.20. The lowest BCUT2D eigenvalue weighted by Crippen LogP contribution is -2.20. The van der Waals surface area contributed by atoms with Crippen molar-refractivity contribution in [2.45, 2.75) is 18.3 Å². The van der Waals surface area contributed by atoms with Crippen molar-refractivity contribution in [3.8, 4) is 0 Å². The second kappa shape index (κ2) is 3.29. The normalized spacial score (nSPS) is 18.9. The van der Waals surface area contributed by atoms with Gasteiger partial charge in [-0.15, -0.1) is 0 Å². The lowest BCUT2D eigenvalue weighted by molar-refractivity contribution is 0.157. The Labute approximate surface area is 48.6 Å². The number of thiol groups is 1. The van der Waals surface area contributed by atoms with Crippen LogP contribution in [0.1, 0.15) is 6.92 Å². The fourth-order valence-corrected chi connectivity index (χ4v) is 0.153. The highest BCUT2D eigenvalue weighted by Gasteiger charge is 2.05. The predicted molar refractivity (Wildman–Crippen MR) is 31.5 cm³/mol. The molecule has 0 aromatic carbocycles. The topological polar surface area (TPSA) is 40.5 Å². The van der Waals surface area contributed by atoms with E-state index in [0.717, 1.165) is 0 Å². The van der Waals surface area contributed by atoms with E-state index in [-0.39, 0.29) is 11.9 Å². The molecule has 0 spiro atoms. The van der Waals surface area contributed by atoms with Gasteiger partial charge in [0.25, 0.3) is 0 Å². The van der Waals surface area contributed by atoms with Crippen LogP contribution in [-0.2, 0) is 0 Å². The first-order valence-electron chi connectivity index (χ1n) is 2.15. The molecule has 0 saturated carbocycles. The van der Waals surface area contributed by atoms with Gasteiger partial charge >= 0.3 is 0 Å². The Balaban J connectivity index is 3.14. The Morgan fingerprint density at radius 2 is 2.14 bits per heavy atom. The summed E-state index contributed by atoms with van der Waals surface area (Å²) in [5.41, 5.74) is 0. The number of aliphatic hydroxyl groups is 2. The highest BCUT2D eigenvalue weighted by Crippen LogP contribution is 1.97. The van der Waals surface area contributed by atoms with Crippen molar-refractivity contribution in [1.82, 2.24) is 0 Å². The van der Waals surface area contributed by atoms with E-state index in [1.54, 1.807) is 6.92 Å². The molecule has 0 aliphatic rings. The molecule has 2 nitrogen and oxygen atoms in total. The minimum Gasteiger partial charge on any atom is -0.395 e. The van der Waals surface area contributed by atoms with Crippen molar-refractivity contribution in [3.63, 3.8) is 0 Å². The molecule has 2 unspecified atom stereocenters. The quantitative estimate of drug-likeness (QED) is 0.438. The lowest BCUT2D eigenvalue weighted by atomic mass is 10.3. The average molecular weight is 122 g/mol. The maximum atomic E-state index is 8.58. The number of aliphatic hydroxyl groups excluding tert-OH is 2. The van der Waals surface area contributed by atoms with Crippen LogP contribution in [0.3, 0.4) is 0 Å². The molecule has 0 aromatic heterocycles. The molecule has 0 heterocycles. The van der Waals surface area contributed by atoms with E-state index in [0.29, 0.717) is 0 Å². The second-order valence-electron chi connectivity index (χ2n) is 1.49. The van der Waals surface area contributed by atoms with Gasteiger partial charge < -0.3 is 10.2 Å². The first-order valence-corrected chi connectivity index (χ1v) is 2.67. The number of hydrogen-bond donors (Lipinski definition) is 3. The van der Waals surface area contributed by atoms with E-state index in [9.17, 15) is 0 Å². The third-order valence-corrected chi connectivity index (χ3v) is 1.34. The molecule has 0 radical (unpaired) electrons. The zero-order valence-corrected chi connectivity index (χ0v) is 5.10. The van der Waals surface area contributed by atoms with E-state index >= 15 is 0 Å². The van der Waals surface area contributed by atoms with Gasteiger partial charge in [-0.3, -0.25) is 0 Å². The summed E-state index contributed by atoms with van der Waals surface area (Å²) in [5.74, 6) is 0. The first-order chi connectivity index (χ1) is 3.18. The van der Waals surface area contributed by atoms with Crippen LogP contribution in [0.15, 0.2) is 0 Å². The van der Waals surface area contributed by atoms with E-state index < -0.39 is 6.10 Å². The molecular weight excluding hydrogens is 112 g/mol. The molecule has 2 N–H and O–H groups in total. The molecule has 0 saturated heterocycles. The van der Waals surface area contributed by atoms with E-state index in [1.807, 2.05) is 0 Å². The minimum absolute atomic E-state index is 0.0687. The molecule has 0 aliphatic carbocycles. The van der Waals surface area contributed by atoms with E-state index in [1.165, 1.54) is 0 Å². The lowest BCUT2D eigenvalue weighted by Gasteiger charge is -2.07. The van der Waals surface area contributed by atoms with Gasteiger partial charge in [0.05, 0.1) is 18.0 Å². The molecule has 2 atom stereocenters. The van der Waals surface area contributed by atoms with Crippen molar-refractivity contribution >= 4 is 12.6 Å². The maximum absolute atomic E-state index is 8.58. The van der Waals surface area contributed by atoms with Gasteiger partial charge in [0.2, 0.25) is 0 Å². The minimum atomic E-state index is -0.520. The van der Waals surface area contributed by atoms with E-state index in [4.69, 9.17) is 10.2 Å². The Kier molecular flexibility index (Phi) is 3.42. The predicted octanol–water partition coefficient (Wildman–Crippen LogP) is -0.342. The average Bonchev–Trinajstić information content (AvgIpc) is 1.65. The van der Waals surface area contributed by atoms with Crippen molar-refractivity contribution in [2.75, 3.05) is 6.61 Å². The number of hydrogen-bond acceptors (Lipinski definition) is 3. The largest absolute Gasteiger partial charge is 0.395 e. The van der Waals surface area contributed by atoms with Gasteiger partial charge in [-0.2, -0.15) is 12.6 Å². The molecule has 0 aromatic rings. The van der Waals surface area contributed by atoms with Crippen LogP contribution >= 0.6 is 12.6 Å². The molecule has 0 fully saturated rings. The highest BCUT2D eigenvalue weighted by atomic mass is 32.1. The van der Waals surface area contributed by atoms with Crippen LogP contribution in [0, 0.1) is 0 Å². The van der Waals surface area contributed by atoms with Crippen LogP contribution in [-0.4, -0.2) is 28.2 Å². The summed E-state index contributed by atoms with van der Waals surface area (Å²) < 4.78 is 0. The summed E-state index contributed by atoms with van der Waals surface area (Å²) in [4.78, 5) is 0. The summed E-state index contributed by atoms with van der Waals surface area (Å²) in [6, 6.07) is 0. The zero-order chi connectivity index (χ0) is 5.86. The van der Waals surface area contributed by atoms with Crippen molar-refractivity contribution in [2.24, 2.45) is 0 Å². The van der Waals surface area contributed by atoms with Gasteiger partial charge in [0.1, 0.15) is 0 Å². The monoisotopic (exact) mass is 122 g/mol. The van der Waals surface area contributed by atoms with E-state index in [2.05, 4.69) is 12.6 Å². The molecule has 0 aliphatic heterocycles. The smallest absolute Gasteiger partial charge is 0.0650 e. The van der Waals surface area contributed by atoms with Crippen LogP contribution in [0.4, 0.5) is 0 Å². The summed E-state index contributed by atoms with van der Waals surface area (Å²) in [5, 5.41) is 16.6. The fraction of sp³-hybridized carbons (Fsp3) is 1.00. The Morgan fingerprint density at radius 3 is 2.14 bits per heavy atom. The van der Waals surface area contributed by atoms with Gasteiger partial charge in [-0.05, 0) is 6.92 Å². The SMILES string of the molecule is CC(O)C(S)CO. The fourth-order valence-electron chi connectivity index (χ4n) is 0.153. The van der Waals surface area contributed by atoms with Crippen LogP contribution in [0.25, 0.3) is 0 Å². The molecular formula is C4H10O2S. The third kappa shape index (κ3) is 2.91. The van der Waals surface area contributed by atoms with Gasteiger partial charge in [-0.25, -0.2) is 0 Å². The summed E-state index contributed by atoms with van der Waals surface area (Å²) >= 11 is 3.82. The molecule has 7 heavy (non-hydrogen) atoms.